The summed E-state index contributed by atoms with van der Waals surface area (Å²) in [7, 11) is 0. The SMILES string of the molecule is Cl.NCC=Cc1ccc(Br)cc1. The van der Waals surface area contributed by atoms with Crippen LogP contribution in [0, 0.1) is 0 Å². The van der Waals surface area contributed by atoms with Gasteiger partial charge in [-0.3, -0.25) is 0 Å². The summed E-state index contributed by atoms with van der Waals surface area (Å²) in [5, 5.41) is 0. The van der Waals surface area contributed by atoms with Gasteiger partial charge in [0, 0.05) is 11.0 Å². The van der Waals surface area contributed by atoms with Crippen molar-refractivity contribution in [1.82, 2.24) is 0 Å². The zero-order valence-corrected chi connectivity index (χ0v) is 8.94. The quantitative estimate of drug-likeness (QED) is 0.856. The molecule has 0 amide bonds. The molecule has 0 heterocycles. The van der Waals surface area contributed by atoms with Crippen LogP contribution in [-0.4, -0.2) is 6.54 Å². The third-order valence-electron chi connectivity index (χ3n) is 1.32. The minimum Gasteiger partial charge on any atom is -0.327 e. The van der Waals surface area contributed by atoms with Gasteiger partial charge in [0.2, 0.25) is 0 Å². The smallest absolute Gasteiger partial charge is 0.0175 e. The number of rotatable bonds is 2. The minimum absolute atomic E-state index is 0. The maximum absolute atomic E-state index is 5.31. The first-order valence-corrected chi connectivity index (χ1v) is 4.24. The van der Waals surface area contributed by atoms with E-state index >= 15 is 0 Å². The molecule has 0 aliphatic rings. The molecule has 0 atom stereocenters. The molecule has 1 aromatic rings. The molecule has 12 heavy (non-hydrogen) atoms. The van der Waals surface area contributed by atoms with Crippen LogP contribution in [0.1, 0.15) is 5.56 Å². The molecule has 0 spiro atoms. The van der Waals surface area contributed by atoms with E-state index in [-0.39, 0.29) is 12.4 Å². The number of hydrogen-bond acceptors (Lipinski definition) is 1. The van der Waals surface area contributed by atoms with E-state index in [0.29, 0.717) is 6.54 Å². The van der Waals surface area contributed by atoms with Crippen molar-refractivity contribution in [2.45, 2.75) is 0 Å². The van der Waals surface area contributed by atoms with Gasteiger partial charge >= 0.3 is 0 Å². The van der Waals surface area contributed by atoms with Gasteiger partial charge in [-0.2, -0.15) is 0 Å². The van der Waals surface area contributed by atoms with Crippen LogP contribution in [-0.2, 0) is 0 Å². The molecule has 0 fully saturated rings. The molecule has 3 heteroatoms. The summed E-state index contributed by atoms with van der Waals surface area (Å²) in [5.41, 5.74) is 6.49. The Hall–Kier alpha value is -0.310. The largest absolute Gasteiger partial charge is 0.327 e. The maximum Gasteiger partial charge on any atom is 0.0175 e. The predicted octanol–water partition coefficient (Wildman–Crippen LogP) is 2.84. The van der Waals surface area contributed by atoms with E-state index in [9.17, 15) is 0 Å². The van der Waals surface area contributed by atoms with Crippen LogP contribution in [0.25, 0.3) is 6.08 Å². The van der Waals surface area contributed by atoms with E-state index < -0.39 is 0 Å². The lowest BCUT2D eigenvalue weighted by Crippen LogP contribution is -1.91. The van der Waals surface area contributed by atoms with E-state index in [0.717, 1.165) is 4.47 Å². The van der Waals surface area contributed by atoms with Crippen molar-refractivity contribution in [3.8, 4) is 0 Å². The Morgan fingerprint density at radius 2 is 1.83 bits per heavy atom. The third-order valence-corrected chi connectivity index (χ3v) is 1.85. The zero-order valence-electron chi connectivity index (χ0n) is 6.53. The van der Waals surface area contributed by atoms with Crippen molar-refractivity contribution >= 4 is 34.4 Å². The monoisotopic (exact) mass is 247 g/mol. The Balaban J connectivity index is 0.00000121. The van der Waals surface area contributed by atoms with Crippen molar-refractivity contribution < 1.29 is 0 Å². The van der Waals surface area contributed by atoms with Gasteiger partial charge in [-0.25, -0.2) is 0 Å². The number of nitrogens with two attached hydrogens (primary N) is 1. The van der Waals surface area contributed by atoms with Gasteiger partial charge in [-0.15, -0.1) is 12.4 Å². The van der Waals surface area contributed by atoms with E-state index in [1.807, 2.05) is 36.4 Å². The van der Waals surface area contributed by atoms with E-state index in [2.05, 4.69) is 15.9 Å². The second-order valence-corrected chi connectivity index (χ2v) is 3.11. The van der Waals surface area contributed by atoms with Gasteiger partial charge in [0.1, 0.15) is 0 Å². The normalized spacial score (nSPS) is 9.83. The molecule has 0 aliphatic heterocycles. The van der Waals surface area contributed by atoms with Crippen molar-refractivity contribution in [2.75, 3.05) is 6.54 Å². The minimum atomic E-state index is 0. The summed E-state index contributed by atoms with van der Waals surface area (Å²) >= 11 is 3.36. The van der Waals surface area contributed by atoms with Gasteiger partial charge < -0.3 is 5.73 Å². The molecule has 0 saturated heterocycles. The summed E-state index contributed by atoms with van der Waals surface area (Å²) in [6.07, 6.45) is 3.94. The Morgan fingerprint density at radius 1 is 1.25 bits per heavy atom. The Bertz CT molecular complexity index is 243. The van der Waals surface area contributed by atoms with Crippen LogP contribution in [0.15, 0.2) is 34.8 Å². The molecule has 0 radical (unpaired) electrons. The predicted molar refractivity (Wildman–Crippen MR) is 59.5 cm³/mol. The molecule has 1 nitrogen and oxygen atoms in total. The number of halogens is 2. The zero-order chi connectivity index (χ0) is 8.10. The van der Waals surface area contributed by atoms with Crippen molar-refractivity contribution in [3.05, 3.63) is 40.4 Å². The van der Waals surface area contributed by atoms with E-state index in [1.54, 1.807) is 0 Å². The second-order valence-electron chi connectivity index (χ2n) is 2.19. The molecule has 2 N–H and O–H groups in total. The summed E-state index contributed by atoms with van der Waals surface area (Å²) < 4.78 is 1.10. The standard InChI is InChI=1S/C9H10BrN.ClH/c10-9-5-3-8(4-6-9)2-1-7-11;/h1-6H,7,11H2;1H. The van der Waals surface area contributed by atoms with Crippen molar-refractivity contribution in [1.29, 1.82) is 0 Å². The van der Waals surface area contributed by atoms with Crippen LogP contribution in [0.5, 0.6) is 0 Å². The summed E-state index contributed by atoms with van der Waals surface area (Å²) in [6.45, 7) is 0.593. The molecule has 0 saturated carbocycles. The third kappa shape index (κ3) is 3.90. The summed E-state index contributed by atoms with van der Waals surface area (Å²) in [5.74, 6) is 0. The van der Waals surface area contributed by atoms with E-state index in [1.165, 1.54) is 5.56 Å². The lowest BCUT2D eigenvalue weighted by atomic mass is 10.2. The first-order valence-electron chi connectivity index (χ1n) is 3.45. The van der Waals surface area contributed by atoms with Crippen LogP contribution in [0.4, 0.5) is 0 Å². The molecule has 1 rings (SSSR count). The summed E-state index contributed by atoms with van der Waals surface area (Å²) in [4.78, 5) is 0. The highest BCUT2D eigenvalue weighted by Crippen LogP contribution is 2.11. The highest BCUT2D eigenvalue weighted by Gasteiger charge is 1.85. The summed E-state index contributed by atoms with van der Waals surface area (Å²) in [6, 6.07) is 8.10. The maximum atomic E-state index is 5.31. The first kappa shape index (κ1) is 11.7. The molecular formula is C9H11BrClN. The Kier molecular flexibility index (Phi) is 6.07. The lowest BCUT2D eigenvalue weighted by molar-refractivity contribution is 1.26. The van der Waals surface area contributed by atoms with Crippen LogP contribution in [0.2, 0.25) is 0 Å². The topological polar surface area (TPSA) is 26.0 Å². The Labute approximate surface area is 87.2 Å². The lowest BCUT2D eigenvalue weighted by Gasteiger charge is -1.92. The number of hydrogen-bond donors (Lipinski definition) is 1. The molecular weight excluding hydrogens is 237 g/mol. The van der Waals surface area contributed by atoms with Crippen molar-refractivity contribution in [2.24, 2.45) is 5.73 Å². The fraction of sp³-hybridized carbons (Fsp3) is 0.111. The molecule has 0 unspecified atom stereocenters. The van der Waals surface area contributed by atoms with Gasteiger partial charge in [0.25, 0.3) is 0 Å². The van der Waals surface area contributed by atoms with Gasteiger partial charge in [0.05, 0.1) is 0 Å². The van der Waals surface area contributed by atoms with Gasteiger partial charge in [-0.05, 0) is 17.7 Å². The Morgan fingerprint density at radius 3 is 2.33 bits per heavy atom. The van der Waals surface area contributed by atoms with Crippen LogP contribution < -0.4 is 5.73 Å². The first-order chi connectivity index (χ1) is 5.33. The van der Waals surface area contributed by atoms with Crippen molar-refractivity contribution in [3.63, 3.8) is 0 Å². The molecule has 0 bridgehead atoms. The highest BCUT2D eigenvalue weighted by atomic mass is 79.9. The fourth-order valence-electron chi connectivity index (χ4n) is 0.778. The van der Waals surface area contributed by atoms with E-state index in [4.69, 9.17) is 5.73 Å². The average Bonchev–Trinajstić information content (AvgIpc) is 2.04. The van der Waals surface area contributed by atoms with Gasteiger partial charge in [-0.1, -0.05) is 40.2 Å². The van der Waals surface area contributed by atoms with Crippen LogP contribution >= 0.6 is 28.3 Å². The molecule has 1 aromatic carbocycles. The molecule has 0 aliphatic carbocycles. The average molecular weight is 249 g/mol. The van der Waals surface area contributed by atoms with Gasteiger partial charge in [0.15, 0.2) is 0 Å². The highest BCUT2D eigenvalue weighted by molar-refractivity contribution is 9.10. The second kappa shape index (κ2) is 6.23. The fourth-order valence-corrected chi connectivity index (χ4v) is 1.04. The van der Waals surface area contributed by atoms with Crippen LogP contribution in [0.3, 0.4) is 0 Å². The molecule has 0 aromatic heterocycles. The number of benzene rings is 1. The molecule has 66 valence electrons.